The minimum Gasteiger partial charge on any atom is -0.508 e. The number of nitrogens with two attached hydrogens (primary N) is 1. The number of carbonyl (C=O) groups is 2. The molecule has 0 atom stereocenters. The molecule has 0 aliphatic carbocycles. The lowest BCUT2D eigenvalue weighted by molar-refractivity contribution is 0.0936. The Morgan fingerprint density at radius 1 is 1.47 bits per heavy atom. The Hall–Kier alpha value is -2.24. The maximum atomic E-state index is 11.7. The molecule has 1 aromatic carbocycles. The molecule has 6 heteroatoms. The fourth-order valence-corrected chi connectivity index (χ4v) is 1.31. The molecule has 0 heterocycles. The van der Waals surface area contributed by atoms with Crippen molar-refractivity contribution in [1.82, 2.24) is 5.32 Å². The highest BCUT2D eigenvalue weighted by atomic mass is 16.5. The number of hydrogen-bond donors (Lipinski definition) is 3. The predicted molar refractivity (Wildman–Crippen MR) is 60.7 cm³/mol. The van der Waals surface area contributed by atoms with Crippen LogP contribution in [-0.2, 0) is 4.74 Å². The molecule has 0 spiro atoms. The van der Waals surface area contributed by atoms with Gasteiger partial charge in [-0.25, -0.2) is 4.79 Å². The van der Waals surface area contributed by atoms with Gasteiger partial charge in [0.15, 0.2) is 0 Å². The van der Waals surface area contributed by atoms with Crippen LogP contribution in [0, 0.1) is 6.92 Å². The van der Waals surface area contributed by atoms with E-state index in [9.17, 15) is 14.7 Å². The SMILES string of the molecule is Cc1cc(O)ccc1C(=O)NCCOC(N)=O. The zero-order chi connectivity index (χ0) is 12.8. The highest BCUT2D eigenvalue weighted by Gasteiger charge is 2.08. The number of amides is 2. The number of phenols is 1. The topological polar surface area (TPSA) is 102 Å². The summed E-state index contributed by atoms with van der Waals surface area (Å²) >= 11 is 0. The number of rotatable bonds is 4. The van der Waals surface area contributed by atoms with Crippen LogP contribution in [0.3, 0.4) is 0 Å². The van der Waals surface area contributed by atoms with Gasteiger partial charge >= 0.3 is 6.09 Å². The molecule has 0 bridgehead atoms. The van der Waals surface area contributed by atoms with E-state index in [0.717, 1.165) is 0 Å². The van der Waals surface area contributed by atoms with Crippen molar-refractivity contribution >= 4 is 12.0 Å². The van der Waals surface area contributed by atoms with Crippen LogP contribution < -0.4 is 11.1 Å². The lowest BCUT2D eigenvalue weighted by Gasteiger charge is -2.07. The number of benzene rings is 1. The summed E-state index contributed by atoms with van der Waals surface area (Å²) in [7, 11) is 0. The first kappa shape index (κ1) is 12.8. The fraction of sp³-hybridized carbons (Fsp3) is 0.273. The van der Waals surface area contributed by atoms with E-state index < -0.39 is 6.09 Å². The van der Waals surface area contributed by atoms with Crippen LogP contribution in [0.15, 0.2) is 18.2 Å². The lowest BCUT2D eigenvalue weighted by Crippen LogP contribution is -2.29. The Balaban J connectivity index is 2.50. The summed E-state index contributed by atoms with van der Waals surface area (Å²) in [5, 5.41) is 11.8. The fourth-order valence-electron chi connectivity index (χ4n) is 1.31. The zero-order valence-corrected chi connectivity index (χ0v) is 9.40. The molecule has 6 nitrogen and oxygen atoms in total. The maximum Gasteiger partial charge on any atom is 0.404 e. The van der Waals surface area contributed by atoms with Crippen LogP contribution >= 0.6 is 0 Å². The first-order valence-electron chi connectivity index (χ1n) is 5.00. The Morgan fingerprint density at radius 3 is 2.76 bits per heavy atom. The number of nitrogens with one attached hydrogen (secondary N) is 1. The highest BCUT2D eigenvalue weighted by molar-refractivity contribution is 5.95. The number of carbonyl (C=O) groups excluding carboxylic acids is 2. The van der Waals surface area contributed by atoms with Crippen LogP contribution in [0.4, 0.5) is 4.79 Å². The van der Waals surface area contributed by atoms with Crippen molar-refractivity contribution in [3.05, 3.63) is 29.3 Å². The molecular formula is C11H14N2O4. The average Bonchev–Trinajstić information content (AvgIpc) is 2.23. The van der Waals surface area contributed by atoms with Crippen molar-refractivity contribution in [2.45, 2.75) is 6.92 Å². The molecule has 0 fully saturated rings. The molecule has 1 rings (SSSR count). The van der Waals surface area contributed by atoms with E-state index in [-0.39, 0.29) is 24.8 Å². The van der Waals surface area contributed by atoms with Crippen LogP contribution in [-0.4, -0.2) is 30.3 Å². The van der Waals surface area contributed by atoms with Gasteiger partial charge in [-0.15, -0.1) is 0 Å². The van der Waals surface area contributed by atoms with Crippen molar-refractivity contribution in [2.75, 3.05) is 13.2 Å². The van der Waals surface area contributed by atoms with Crippen LogP contribution in [0.1, 0.15) is 15.9 Å². The summed E-state index contributed by atoms with van der Waals surface area (Å²) in [5.41, 5.74) is 5.88. The molecule has 92 valence electrons. The molecule has 2 amide bonds. The molecule has 0 aliphatic rings. The molecule has 0 unspecified atom stereocenters. The molecule has 1 aromatic rings. The van der Waals surface area contributed by atoms with Gasteiger partial charge in [-0.3, -0.25) is 4.79 Å². The number of ether oxygens (including phenoxy) is 1. The van der Waals surface area contributed by atoms with Gasteiger partial charge < -0.3 is 20.9 Å². The number of hydrogen-bond acceptors (Lipinski definition) is 4. The second-order valence-electron chi connectivity index (χ2n) is 3.42. The van der Waals surface area contributed by atoms with Gasteiger partial charge in [0.1, 0.15) is 12.4 Å². The van der Waals surface area contributed by atoms with E-state index in [2.05, 4.69) is 10.1 Å². The van der Waals surface area contributed by atoms with Gasteiger partial charge in [0.25, 0.3) is 5.91 Å². The average molecular weight is 238 g/mol. The van der Waals surface area contributed by atoms with Gasteiger partial charge in [0, 0.05) is 5.56 Å². The van der Waals surface area contributed by atoms with Gasteiger partial charge in [-0.1, -0.05) is 0 Å². The van der Waals surface area contributed by atoms with E-state index in [1.807, 2.05) is 0 Å². The molecule has 0 saturated heterocycles. The third-order valence-corrected chi connectivity index (χ3v) is 2.09. The summed E-state index contributed by atoms with van der Waals surface area (Å²) in [5.74, 6) is -0.188. The monoisotopic (exact) mass is 238 g/mol. The Morgan fingerprint density at radius 2 is 2.18 bits per heavy atom. The summed E-state index contributed by atoms with van der Waals surface area (Å²) in [4.78, 5) is 21.9. The largest absolute Gasteiger partial charge is 0.508 e. The number of phenolic OH excluding ortho intramolecular Hbond substituents is 1. The molecule has 17 heavy (non-hydrogen) atoms. The van der Waals surface area contributed by atoms with E-state index in [0.29, 0.717) is 11.1 Å². The third-order valence-electron chi connectivity index (χ3n) is 2.09. The molecular weight excluding hydrogens is 224 g/mol. The van der Waals surface area contributed by atoms with Crippen molar-refractivity contribution in [3.8, 4) is 5.75 Å². The lowest BCUT2D eigenvalue weighted by atomic mass is 10.1. The highest BCUT2D eigenvalue weighted by Crippen LogP contribution is 2.15. The number of aromatic hydroxyl groups is 1. The smallest absolute Gasteiger partial charge is 0.404 e. The minimum absolute atomic E-state index is 0.0260. The van der Waals surface area contributed by atoms with Crippen molar-refractivity contribution < 1.29 is 19.4 Å². The standard InChI is InChI=1S/C11H14N2O4/c1-7-6-8(14)2-3-9(7)10(15)13-4-5-17-11(12)16/h2-3,6,14H,4-5H2,1H3,(H2,12,16)(H,13,15). The molecule has 0 saturated carbocycles. The van der Waals surface area contributed by atoms with E-state index in [4.69, 9.17) is 5.73 Å². The Labute approximate surface area is 98.4 Å². The van der Waals surface area contributed by atoms with Crippen molar-refractivity contribution in [2.24, 2.45) is 5.73 Å². The quantitative estimate of drug-likeness (QED) is 0.666. The second-order valence-corrected chi connectivity index (χ2v) is 3.42. The van der Waals surface area contributed by atoms with Crippen LogP contribution in [0.5, 0.6) is 5.75 Å². The summed E-state index contributed by atoms with van der Waals surface area (Å²) in [6, 6.07) is 4.45. The minimum atomic E-state index is -0.875. The van der Waals surface area contributed by atoms with Crippen LogP contribution in [0.2, 0.25) is 0 Å². The van der Waals surface area contributed by atoms with Gasteiger partial charge in [0.05, 0.1) is 6.54 Å². The zero-order valence-electron chi connectivity index (χ0n) is 9.40. The molecule has 4 N–H and O–H groups in total. The van der Waals surface area contributed by atoms with E-state index in [1.54, 1.807) is 6.92 Å². The van der Waals surface area contributed by atoms with Crippen molar-refractivity contribution in [3.63, 3.8) is 0 Å². The number of aryl methyl sites for hydroxylation is 1. The van der Waals surface area contributed by atoms with E-state index >= 15 is 0 Å². The maximum absolute atomic E-state index is 11.7. The molecule has 0 radical (unpaired) electrons. The normalized spacial score (nSPS) is 9.71. The van der Waals surface area contributed by atoms with Gasteiger partial charge in [0.2, 0.25) is 0 Å². The van der Waals surface area contributed by atoms with Gasteiger partial charge in [-0.2, -0.15) is 0 Å². The summed E-state index contributed by atoms with van der Waals surface area (Å²) in [6.45, 7) is 1.93. The predicted octanol–water partition coefficient (Wildman–Crippen LogP) is 0.526. The van der Waals surface area contributed by atoms with Crippen LogP contribution in [0.25, 0.3) is 0 Å². The molecule has 0 aliphatic heterocycles. The first-order valence-corrected chi connectivity index (χ1v) is 5.00. The van der Waals surface area contributed by atoms with E-state index in [1.165, 1.54) is 18.2 Å². The summed E-state index contributed by atoms with van der Waals surface area (Å²) < 4.78 is 4.46. The Kier molecular flexibility index (Phi) is 4.33. The third kappa shape index (κ3) is 4.02. The second kappa shape index (κ2) is 5.74. The first-order chi connectivity index (χ1) is 8.00. The van der Waals surface area contributed by atoms with Crippen molar-refractivity contribution in [1.29, 1.82) is 0 Å². The van der Waals surface area contributed by atoms with Gasteiger partial charge in [-0.05, 0) is 30.7 Å². The number of primary amides is 1. The Bertz CT molecular complexity index is 431. The summed E-state index contributed by atoms with van der Waals surface area (Å²) in [6.07, 6.45) is -0.875. The molecule has 0 aromatic heterocycles.